The third-order valence-electron chi connectivity index (χ3n) is 5.77. The number of sulfonamides is 1. The van der Waals surface area contributed by atoms with Crippen molar-refractivity contribution in [2.75, 3.05) is 45.9 Å². The standard InChI is InChI=1S/C26H30N2O3S/c1-22(19-23-7-3-2-4-8-23)21-28(14-13-27-15-17-31-18-16-27)32(29,30)26-12-11-24-9-5-6-10-25(24)20-26/h2-12,19-20H,13-18,21H2,1H3/b22-19+. The zero-order chi connectivity index (χ0) is 22.4. The summed E-state index contributed by atoms with van der Waals surface area (Å²) in [4.78, 5) is 2.61. The minimum absolute atomic E-state index is 0.339. The maximum atomic E-state index is 13.7. The van der Waals surface area contributed by atoms with Crippen LogP contribution in [0.2, 0.25) is 0 Å². The van der Waals surface area contributed by atoms with Gasteiger partial charge in [-0.25, -0.2) is 8.42 Å². The molecule has 0 radical (unpaired) electrons. The van der Waals surface area contributed by atoms with Gasteiger partial charge in [-0.05, 0) is 35.4 Å². The molecule has 5 nitrogen and oxygen atoms in total. The first-order valence-electron chi connectivity index (χ1n) is 11.0. The molecule has 1 fully saturated rings. The summed E-state index contributed by atoms with van der Waals surface area (Å²) in [5, 5.41) is 1.96. The molecule has 0 saturated carbocycles. The molecule has 168 valence electrons. The molecule has 0 spiro atoms. The van der Waals surface area contributed by atoms with Crippen LogP contribution in [0.1, 0.15) is 12.5 Å². The fourth-order valence-electron chi connectivity index (χ4n) is 4.00. The first-order valence-corrected chi connectivity index (χ1v) is 12.5. The van der Waals surface area contributed by atoms with Crippen LogP contribution < -0.4 is 0 Å². The van der Waals surface area contributed by atoms with Crippen LogP contribution in [-0.4, -0.2) is 63.6 Å². The Kier molecular flexibility index (Phi) is 7.37. The lowest BCUT2D eigenvalue weighted by Gasteiger charge is -2.30. The summed E-state index contributed by atoms with van der Waals surface area (Å²) in [5.41, 5.74) is 2.07. The van der Waals surface area contributed by atoms with Crippen molar-refractivity contribution >= 4 is 26.9 Å². The van der Waals surface area contributed by atoms with Crippen LogP contribution in [0.15, 0.2) is 83.3 Å². The Morgan fingerprint density at radius 3 is 2.41 bits per heavy atom. The van der Waals surface area contributed by atoms with E-state index in [1.54, 1.807) is 16.4 Å². The van der Waals surface area contributed by atoms with Crippen LogP contribution in [0.5, 0.6) is 0 Å². The molecule has 6 heteroatoms. The van der Waals surface area contributed by atoms with Crippen molar-refractivity contribution in [2.24, 2.45) is 0 Å². The molecule has 0 atom stereocenters. The van der Waals surface area contributed by atoms with E-state index in [-0.39, 0.29) is 0 Å². The molecular weight excluding hydrogens is 420 g/mol. The number of rotatable bonds is 8. The van der Waals surface area contributed by atoms with Gasteiger partial charge in [-0.2, -0.15) is 4.31 Å². The van der Waals surface area contributed by atoms with Crippen molar-refractivity contribution in [3.05, 3.63) is 83.9 Å². The Bertz CT molecular complexity index is 1170. The van der Waals surface area contributed by atoms with Gasteiger partial charge in [0.05, 0.1) is 18.1 Å². The van der Waals surface area contributed by atoms with Crippen molar-refractivity contribution < 1.29 is 13.2 Å². The predicted molar refractivity (Wildman–Crippen MR) is 130 cm³/mol. The Hall–Kier alpha value is -2.51. The minimum Gasteiger partial charge on any atom is -0.379 e. The van der Waals surface area contributed by atoms with Crippen molar-refractivity contribution in [1.29, 1.82) is 0 Å². The highest BCUT2D eigenvalue weighted by Crippen LogP contribution is 2.23. The zero-order valence-electron chi connectivity index (χ0n) is 18.5. The van der Waals surface area contributed by atoms with E-state index in [9.17, 15) is 8.42 Å². The summed E-state index contributed by atoms with van der Waals surface area (Å²) < 4.78 is 34.4. The van der Waals surface area contributed by atoms with E-state index < -0.39 is 10.0 Å². The predicted octanol–water partition coefficient (Wildman–Crippen LogP) is 4.27. The number of hydrogen-bond acceptors (Lipinski definition) is 4. The molecule has 1 saturated heterocycles. The molecule has 0 unspecified atom stereocenters. The van der Waals surface area contributed by atoms with E-state index in [1.807, 2.05) is 67.6 Å². The second kappa shape index (κ2) is 10.4. The summed E-state index contributed by atoms with van der Waals surface area (Å²) in [6.07, 6.45) is 2.05. The molecule has 0 aromatic heterocycles. The van der Waals surface area contributed by atoms with Gasteiger partial charge in [-0.1, -0.05) is 72.3 Å². The van der Waals surface area contributed by atoms with Gasteiger partial charge in [0, 0.05) is 32.7 Å². The van der Waals surface area contributed by atoms with Crippen LogP contribution in [-0.2, 0) is 14.8 Å². The first kappa shape index (κ1) is 22.7. The third kappa shape index (κ3) is 5.64. The maximum Gasteiger partial charge on any atom is 0.243 e. The molecule has 3 aromatic rings. The smallest absolute Gasteiger partial charge is 0.243 e. The topological polar surface area (TPSA) is 49.9 Å². The lowest BCUT2D eigenvalue weighted by Crippen LogP contribution is -2.43. The molecule has 0 amide bonds. The molecule has 1 aliphatic rings. The molecule has 0 aliphatic carbocycles. The highest BCUT2D eigenvalue weighted by Gasteiger charge is 2.26. The Balaban J connectivity index is 1.60. The van der Waals surface area contributed by atoms with Crippen molar-refractivity contribution in [1.82, 2.24) is 9.21 Å². The highest BCUT2D eigenvalue weighted by molar-refractivity contribution is 7.89. The summed E-state index contributed by atoms with van der Waals surface area (Å²) in [6, 6.07) is 23.2. The van der Waals surface area contributed by atoms with Crippen LogP contribution in [0.25, 0.3) is 16.8 Å². The normalized spacial score (nSPS) is 16.0. The summed E-state index contributed by atoms with van der Waals surface area (Å²) >= 11 is 0. The number of fused-ring (bicyclic) bond motifs is 1. The second-order valence-electron chi connectivity index (χ2n) is 8.20. The van der Waals surface area contributed by atoms with Gasteiger partial charge in [0.2, 0.25) is 10.0 Å². The number of morpholine rings is 1. The average Bonchev–Trinajstić information content (AvgIpc) is 2.82. The van der Waals surface area contributed by atoms with E-state index in [0.29, 0.717) is 37.7 Å². The molecular formula is C26H30N2O3S. The molecule has 1 aliphatic heterocycles. The van der Waals surface area contributed by atoms with Gasteiger partial charge < -0.3 is 4.74 Å². The minimum atomic E-state index is -3.65. The molecule has 0 N–H and O–H groups in total. The zero-order valence-corrected chi connectivity index (χ0v) is 19.3. The molecule has 1 heterocycles. The van der Waals surface area contributed by atoms with Gasteiger partial charge in [0.25, 0.3) is 0 Å². The Morgan fingerprint density at radius 2 is 1.66 bits per heavy atom. The van der Waals surface area contributed by atoms with Crippen molar-refractivity contribution in [3.63, 3.8) is 0 Å². The van der Waals surface area contributed by atoms with E-state index in [0.717, 1.165) is 35.0 Å². The van der Waals surface area contributed by atoms with Crippen LogP contribution in [0.3, 0.4) is 0 Å². The third-order valence-corrected chi connectivity index (χ3v) is 7.61. The van der Waals surface area contributed by atoms with Crippen LogP contribution in [0, 0.1) is 0 Å². The van der Waals surface area contributed by atoms with E-state index in [4.69, 9.17) is 4.74 Å². The molecule has 4 rings (SSSR count). The molecule has 0 bridgehead atoms. The Labute approximate surface area is 191 Å². The maximum absolute atomic E-state index is 13.7. The first-order chi connectivity index (χ1) is 15.5. The van der Waals surface area contributed by atoms with E-state index in [1.165, 1.54) is 0 Å². The van der Waals surface area contributed by atoms with Crippen molar-refractivity contribution in [3.8, 4) is 0 Å². The second-order valence-corrected chi connectivity index (χ2v) is 10.1. The van der Waals surface area contributed by atoms with Gasteiger partial charge in [-0.15, -0.1) is 0 Å². The number of nitrogens with zero attached hydrogens (tertiary/aromatic N) is 2. The van der Waals surface area contributed by atoms with E-state index >= 15 is 0 Å². The van der Waals surface area contributed by atoms with Gasteiger partial charge in [0.1, 0.15) is 0 Å². The number of hydrogen-bond donors (Lipinski definition) is 0. The van der Waals surface area contributed by atoms with E-state index in [2.05, 4.69) is 11.0 Å². The quantitative estimate of drug-likeness (QED) is 0.514. The fourth-order valence-corrected chi connectivity index (χ4v) is 5.51. The Morgan fingerprint density at radius 1 is 0.969 bits per heavy atom. The van der Waals surface area contributed by atoms with Gasteiger partial charge in [0.15, 0.2) is 0 Å². The van der Waals surface area contributed by atoms with Crippen LogP contribution in [0.4, 0.5) is 0 Å². The number of benzene rings is 3. The highest BCUT2D eigenvalue weighted by atomic mass is 32.2. The number of ether oxygens (including phenoxy) is 1. The largest absolute Gasteiger partial charge is 0.379 e. The fraction of sp³-hybridized carbons (Fsp3) is 0.308. The summed E-state index contributed by atoms with van der Waals surface area (Å²) in [6.45, 7) is 6.54. The lowest BCUT2D eigenvalue weighted by molar-refractivity contribution is 0.0365. The molecule has 32 heavy (non-hydrogen) atoms. The SMILES string of the molecule is C/C(=C\c1ccccc1)CN(CCN1CCOCC1)S(=O)(=O)c1ccc2ccccc2c1. The van der Waals surface area contributed by atoms with Gasteiger partial charge in [-0.3, -0.25) is 4.90 Å². The average molecular weight is 451 g/mol. The summed E-state index contributed by atoms with van der Waals surface area (Å²) in [5.74, 6) is 0. The van der Waals surface area contributed by atoms with Crippen LogP contribution >= 0.6 is 0 Å². The van der Waals surface area contributed by atoms with Gasteiger partial charge >= 0.3 is 0 Å². The monoisotopic (exact) mass is 450 g/mol. The lowest BCUT2D eigenvalue weighted by atomic mass is 10.1. The van der Waals surface area contributed by atoms with Crippen molar-refractivity contribution in [2.45, 2.75) is 11.8 Å². The molecule has 3 aromatic carbocycles. The summed E-state index contributed by atoms with van der Waals surface area (Å²) in [7, 11) is -3.65.